The van der Waals surface area contributed by atoms with E-state index in [1.807, 2.05) is 19.3 Å². The minimum absolute atomic E-state index is 0.253. The molecule has 0 aliphatic carbocycles. The highest BCUT2D eigenvalue weighted by Crippen LogP contribution is 2.22. The summed E-state index contributed by atoms with van der Waals surface area (Å²) in [6.07, 6.45) is 3.29. The van der Waals surface area contributed by atoms with Crippen LogP contribution in [0.2, 0.25) is 5.02 Å². The number of methoxy groups -OCH3 is 1. The zero-order chi connectivity index (χ0) is 11.5. The maximum atomic E-state index is 5.93. The summed E-state index contributed by atoms with van der Waals surface area (Å²) >= 11 is 5.93. The molecule has 0 saturated heterocycles. The highest BCUT2D eigenvalue weighted by molar-refractivity contribution is 6.32. The van der Waals surface area contributed by atoms with Crippen LogP contribution >= 0.6 is 11.6 Å². The van der Waals surface area contributed by atoms with Gasteiger partial charge in [0.15, 0.2) is 11.6 Å². The molecular formula is C9H10ClN5O. The maximum Gasteiger partial charge on any atom is 0.318 e. The molecule has 0 amide bonds. The molecular weight excluding hydrogens is 230 g/mol. The van der Waals surface area contributed by atoms with Crippen LogP contribution in [-0.2, 0) is 7.05 Å². The quantitative estimate of drug-likeness (QED) is 0.882. The maximum absolute atomic E-state index is 5.93. The van der Waals surface area contributed by atoms with Gasteiger partial charge in [0.1, 0.15) is 5.02 Å². The van der Waals surface area contributed by atoms with E-state index in [2.05, 4.69) is 20.4 Å². The number of rotatable bonds is 3. The number of ether oxygens (including phenoxy) is 1. The number of hydrogen-bond donors (Lipinski definition) is 1. The van der Waals surface area contributed by atoms with Crippen molar-refractivity contribution in [3.63, 3.8) is 0 Å². The van der Waals surface area contributed by atoms with Gasteiger partial charge < -0.3 is 10.1 Å². The van der Waals surface area contributed by atoms with Crippen molar-refractivity contribution in [2.24, 2.45) is 7.05 Å². The van der Waals surface area contributed by atoms with E-state index in [-0.39, 0.29) is 6.01 Å². The normalized spacial score (nSPS) is 10.2. The first-order valence-electron chi connectivity index (χ1n) is 4.52. The van der Waals surface area contributed by atoms with Crippen LogP contribution in [0.1, 0.15) is 0 Å². The molecule has 7 heteroatoms. The average Bonchev–Trinajstić information content (AvgIpc) is 2.67. The molecule has 2 aromatic rings. The molecule has 2 heterocycles. The Morgan fingerprint density at radius 2 is 2.31 bits per heavy atom. The number of hydrogen-bond acceptors (Lipinski definition) is 5. The monoisotopic (exact) mass is 239 g/mol. The summed E-state index contributed by atoms with van der Waals surface area (Å²) in [5.74, 6) is 1.12. The van der Waals surface area contributed by atoms with Gasteiger partial charge >= 0.3 is 6.01 Å². The lowest BCUT2D eigenvalue weighted by molar-refractivity contribution is 0.380. The number of nitrogens with one attached hydrogen (secondary N) is 1. The largest absolute Gasteiger partial charge is 0.467 e. The third-order valence-electron chi connectivity index (χ3n) is 1.86. The lowest BCUT2D eigenvalue weighted by Crippen LogP contribution is -1.99. The second-order valence-corrected chi connectivity index (χ2v) is 3.46. The van der Waals surface area contributed by atoms with E-state index >= 15 is 0 Å². The van der Waals surface area contributed by atoms with E-state index in [0.29, 0.717) is 16.7 Å². The lowest BCUT2D eigenvalue weighted by Gasteiger charge is -2.05. The Kier molecular flexibility index (Phi) is 2.91. The molecule has 84 valence electrons. The van der Waals surface area contributed by atoms with Crippen LogP contribution in [0.15, 0.2) is 18.5 Å². The molecule has 0 aromatic carbocycles. The molecule has 0 fully saturated rings. The highest BCUT2D eigenvalue weighted by Gasteiger charge is 2.07. The topological polar surface area (TPSA) is 64.9 Å². The van der Waals surface area contributed by atoms with Gasteiger partial charge in [-0.25, -0.2) is 4.98 Å². The Balaban J connectivity index is 2.26. The Morgan fingerprint density at radius 3 is 2.94 bits per heavy atom. The first kappa shape index (κ1) is 10.7. The number of aryl methyl sites for hydroxylation is 1. The van der Waals surface area contributed by atoms with Gasteiger partial charge in [-0.3, -0.25) is 4.68 Å². The summed E-state index contributed by atoms with van der Waals surface area (Å²) in [5.41, 5.74) is 0. The SMILES string of the molecule is COc1ncc(Cl)c(Nc2ccn(C)n2)n1. The molecule has 0 unspecified atom stereocenters. The smallest absolute Gasteiger partial charge is 0.318 e. The fourth-order valence-corrected chi connectivity index (χ4v) is 1.28. The van der Waals surface area contributed by atoms with Crippen LogP contribution in [-0.4, -0.2) is 26.9 Å². The summed E-state index contributed by atoms with van der Waals surface area (Å²) in [6, 6.07) is 2.06. The molecule has 0 aliphatic heterocycles. The number of anilines is 2. The lowest BCUT2D eigenvalue weighted by atomic mass is 10.5. The minimum Gasteiger partial charge on any atom is -0.467 e. The van der Waals surface area contributed by atoms with Gasteiger partial charge in [-0.05, 0) is 0 Å². The molecule has 0 radical (unpaired) electrons. The fourth-order valence-electron chi connectivity index (χ4n) is 1.14. The van der Waals surface area contributed by atoms with Crippen molar-refractivity contribution < 1.29 is 4.74 Å². The van der Waals surface area contributed by atoms with E-state index in [9.17, 15) is 0 Å². The third-order valence-corrected chi connectivity index (χ3v) is 2.14. The van der Waals surface area contributed by atoms with Crippen molar-refractivity contribution >= 4 is 23.2 Å². The zero-order valence-electron chi connectivity index (χ0n) is 8.81. The van der Waals surface area contributed by atoms with Crippen molar-refractivity contribution in [3.8, 4) is 6.01 Å². The van der Waals surface area contributed by atoms with Gasteiger partial charge in [0.25, 0.3) is 0 Å². The van der Waals surface area contributed by atoms with Crippen molar-refractivity contribution in [1.82, 2.24) is 19.7 Å². The van der Waals surface area contributed by atoms with Gasteiger partial charge in [-0.1, -0.05) is 11.6 Å². The molecule has 1 N–H and O–H groups in total. The number of aromatic nitrogens is 4. The number of nitrogens with zero attached hydrogens (tertiary/aromatic N) is 4. The van der Waals surface area contributed by atoms with Gasteiger partial charge in [0.2, 0.25) is 0 Å². The van der Waals surface area contributed by atoms with Gasteiger partial charge in [-0.2, -0.15) is 10.1 Å². The van der Waals surface area contributed by atoms with Gasteiger partial charge in [-0.15, -0.1) is 0 Å². The second kappa shape index (κ2) is 4.36. The molecule has 0 bridgehead atoms. The van der Waals surface area contributed by atoms with E-state index in [1.165, 1.54) is 13.3 Å². The molecule has 2 aromatic heterocycles. The molecule has 0 spiro atoms. The van der Waals surface area contributed by atoms with Crippen molar-refractivity contribution in [3.05, 3.63) is 23.5 Å². The number of halogens is 1. The van der Waals surface area contributed by atoms with Crippen LogP contribution in [0.25, 0.3) is 0 Å². The minimum atomic E-state index is 0.253. The summed E-state index contributed by atoms with van der Waals surface area (Å²) in [6.45, 7) is 0. The van der Waals surface area contributed by atoms with Crippen LogP contribution in [0.4, 0.5) is 11.6 Å². The Morgan fingerprint density at radius 1 is 1.50 bits per heavy atom. The average molecular weight is 240 g/mol. The van der Waals surface area contributed by atoms with E-state index in [0.717, 1.165) is 0 Å². The Bertz CT molecular complexity index is 498. The molecule has 0 saturated carbocycles. The summed E-state index contributed by atoms with van der Waals surface area (Å²) in [5, 5.41) is 7.53. The summed E-state index contributed by atoms with van der Waals surface area (Å²) in [4.78, 5) is 7.94. The van der Waals surface area contributed by atoms with Crippen LogP contribution in [0.3, 0.4) is 0 Å². The molecule has 0 aliphatic rings. The molecule has 0 atom stereocenters. The van der Waals surface area contributed by atoms with Gasteiger partial charge in [0, 0.05) is 19.3 Å². The fraction of sp³-hybridized carbons (Fsp3) is 0.222. The third kappa shape index (κ3) is 2.22. The van der Waals surface area contributed by atoms with E-state index in [1.54, 1.807) is 4.68 Å². The van der Waals surface area contributed by atoms with Crippen molar-refractivity contribution in [2.45, 2.75) is 0 Å². The van der Waals surface area contributed by atoms with Crippen LogP contribution < -0.4 is 10.1 Å². The predicted molar refractivity (Wildman–Crippen MR) is 60.1 cm³/mol. The first-order valence-corrected chi connectivity index (χ1v) is 4.90. The first-order chi connectivity index (χ1) is 7.69. The molecule has 2 rings (SSSR count). The Labute approximate surface area is 97.2 Å². The summed E-state index contributed by atoms with van der Waals surface area (Å²) < 4.78 is 6.58. The highest BCUT2D eigenvalue weighted by atomic mass is 35.5. The predicted octanol–water partition coefficient (Wildman–Crippen LogP) is 1.62. The van der Waals surface area contributed by atoms with Crippen LogP contribution in [0, 0.1) is 0 Å². The molecule has 6 nitrogen and oxygen atoms in total. The zero-order valence-corrected chi connectivity index (χ0v) is 9.56. The van der Waals surface area contributed by atoms with Crippen LogP contribution in [0.5, 0.6) is 6.01 Å². The van der Waals surface area contributed by atoms with Crippen molar-refractivity contribution in [2.75, 3.05) is 12.4 Å². The van der Waals surface area contributed by atoms with Crippen molar-refractivity contribution in [1.29, 1.82) is 0 Å². The standard InChI is InChI=1S/C9H10ClN5O/c1-15-4-3-7(14-15)12-8-6(10)5-11-9(13-8)16-2/h3-5H,1-2H3,(H,11,12,13,14). The Hall–Kier alpha value is -1.82. The van der Waals surface area contributed by atoms with E-state index in [4.69, 9.17) is 16.3 Å². The molecule has 16 heavy (non-hydrogen) atoms. The van der Waals surface area contributed by atoms with E-state index < -0.39 is 0 Å². The second-order valence-electron chi connectivity index (χ2n) is 3.05. The summed E-state index contributed by atoms with van der Waals surface area (Å²) in [7, 11) is 3.32. The van der Waals surface area contributed by atoms with Gasteiger partial charge in [0.05, 0.1) is 13.3 Å².